The van der Waals surface area contributed by atoms with E-state index in [2.05, 4.69) is 4.99 Å². The van der Waals surface area contributed by atoms with E-state index in [-0.39, 0.29) is 5.16 Å². The Labute approximate surface area is 92.3 Å². The number of halogens is 4. The van der Waals surface area contributed by atoms with Gasteiger partial charge >= 0.3 is 6.18 Å². The zero-order chi connectivity index (χ0) is 12.1. The second-order valence-electron chi connectivity index (χ2n) is 3.04. The predicted molar refractivity (Wildman–Crippen MR) is 57.1 cm³/mol. The van der Waals surface area contributed by atoms with Gasteiger partial charge in [0, 0.05) is 11.3 Å². The Morgan fingerprint density at radius 3 is 2.20 bits per heavy atom. The third kappa shape index (κ3) is 6.33. The molecule has 0 aromatic heterocycles. The van der Waals surface area contributed by atoms with Crippen LogP contribution >= 0.6 is 11.6 Å². The minimum atomic E-state index is -4.31. The molecule has 5 heteroatoms. The van der Waals surface area contributed by atoms with Gasteiger partial charge in [-0.15, -0.1) is 0 Å². The number of alkyl halides is 3. The average Bonchev–Trinajstić information content (AvgIpc) is 2.12. The summed E-state index contributed by atoms with van der Waals surface area (Å²) in [4.78, 5) is 3.88. The number of hydrogen-bond donors (Lipinski definition) is 0. The minimum absolute atomic E-state index is 0.0537. The Hall–Kier alpha value is -0.770. The van der Waals surface area contributed by atoms with E-state index in [0.29, 0.717) is 6.42 Å². The highest BCUT2D eigenvalue weighted by molar-refractivity contribution is 6.30. The smallest absolute Gasteiger partial charge is 0.246 e. The summed E-state index contributed by atoms with van der Waals surface area (Å²) in [6.45, 7) is 4.63. The second kappa shape index (κ2) is 5.95. The van der Waals surface area contributed by atoms with Crippen LogP contribution in [0, 0.1) is 0 Å². The molecular formula is C10H13ClF3N. The summed E-state index contributed by atoms with van der Waals surface area (Å²) in [5.74, 6) is 0. The van der Waals surface area contributed by atoms with Gasteiger partial charge < -0.3 is 0 Å². The van der Waals surface area contributed by atoms with Crippen LogP contribution in [-0.2, 0) is 0 Å². The molecule has 0 saturated heterocycles. The van der Waals surface area contributed by atoms with Gasteiger partial charge in [-0.2, -0.15) is 13.2 Å². The fourth-order valence-electron chi connectivity index (χ4n) is 0.587. The zero-order valence-electron chi connectivity index (χ0n) is 8.82. The van der Waals surface area contributed by atoms with Crippen LogP contribution in [0.5, 0.6) is 0 Å². The van der Waals surface area contributed by atoms with Crippen molar-refractivity contribution in [1.82, 2.24) is 0 Å². The van der Waals surface area contributed by atoms with Crippen LogP contribution in [-0.4, -0.2) is 11.9 Å². The maximum Gasteiger partial charge on any atom is 0.412 e. The SMILES string of the molecule is CCC(C)=N/C(Cl)=C\C=C(/C)C(F)(F)F. The Morgan fingerprint density at radius 2 is 1.80 bits per heavy atom. The zero-order valence-corrected chi connectivity index (χ0v) is 9.58. The molecule has 0 radical (unpaired) electrons. The van der Waals surface area contributed by atoms with Gasteiger partial charge in [0.2, 0.25) is 0 Å². The quantitative estimate of drug-likeness (QED) is 0.392. The summed E-state index contributed by atoms with van der Waals surface area (Å²) in [6, 6.07) is 0. The fraction of sp³-hybridized carbons (Fsp3) is 0.500. The number of rotatable bonds is 3. The van der Waals surface area contributed by atoms with Gasteiger partial charge in [0.1, 0.15) is 5.16 Å². The number of aliphatic imine (C=N–C) groups is 1. The molecule has 0 aliphatic rings. The van der Waals surface area contributed by atoms with E-state index in [1.54, 1.807) is 6.92 Å². The van der Waals surface area contributed by atoms with Crippen molar-refractivity contribution >= 4 is 17.3 Å². The van der Waals surface area contributed by atoms with Crippen molar-refractivity contribution in [1.29, 1.82) is 0 Å². The Bertz CT molecular complexity index is 300. The molecule has 0 N–H and O–H groups in total. The highest BCUT2D eigenvalue weighted by Gasteiger charge is 2.29. The predicted octanol–water partition coefficient (Wildman–Crippen LogP) is 4.45. The van der Waals surface area contributed by atoms with Gasteiger partial charge in [0.25, 0.3) is 0 Å². The molecule has 0 aliphatic heterocycles. The van der Waals surface area contributed by atoms with Crippen LogP contribution < -0.4 is 0 Å². The molecule has 0 atom stereocenters. The standard InChI is InChI=1S/C10H13ClF3N/c1-4-8(3)15-9(11)6-5-7(2)10(12,13)14/h5-6H,4H2,1-3H3/b7-5+,9-6-,15-8?. The summed E-state index contributed by atoms with van der Waals surface area (Å²) in [5, 5.41) is 0.0537. The van der Waals surface area contributed by atoms with E-state index in [9.17, 15) is 13.2 Å². The normalized spacial score (nSPS) is 15.8. The van der Waals surface area contributed by atoms with Crippen molar-refractivity contribution in [3.63, 3.8) is 0 Å². The van der Waals surface area contributed by atoms with E-state index in [0.717, 1.165) is 24.8 Å². The van der Waals surface area contributed by atoms with Gasteiger partial charge in [0.15, 0.2) is 0 Å². The first-order valence-corrected chi connectivity index (χ1v) is 4.80. The number of nitrogens with zero attached hydrogens (tertiary/aromatic N) is 1. The molecule has 15 heavy (non-hydrogen) atoms. The molecule has 1 nitrogen and oxygen atoms in total. The van der Waals surface area contributed by atoms with Crippen molar-refractivity contribution in [2.45, 2.75) is 33.4 Å². The molecule has 0 aliphatic carbocycles. The van der Waals surface area contributed by atoms with Gasteiger partial charge in [-0.3, -0.25) is 0 Å². The van der Waals surface area contributed by atoms with Crippen molar-refractivity contribution in [2.75, 3.05) is 0 Å². The summed E-state index contributed by atoms with van der Waals surface area (Å²) >= 11 is 5.61. The lowest BCUT2D eigenvalue weighted by Gasteiger charge is -2.04. The molecule has 0 unspecified atom stereocenters. The van der Waals surface area contributed by atoms with Crippen LogP contribution in [0.4, 0.5) is 13.2 Å². The van der Waals surface area contributed by atoms with Gasteiger partial charge in [0.05, 0.1) is 0 Å². The maximum absolute atomic E-state index is 12.1. The first kappa shape index (κ1) is 14.2. The van der Waals surface area contributed by atoms with E-state index >= 15 is 0 Å². The first-order valence-electron chi connectivity index (χ1n) is 4.42. The largest absolute Gasteiger partial charge is 0.412 e. The third-order valence-corrected chi connectivity index (χ3v) is 1.94. The molecule has 0 amide bonds. The maximum atomic E-state index is 12.1. The number of allylic oxidation sites excluding steroid dienone is 3. The molecule has 0 bridgehead atoms. The van der Waals surface area contributed by atoms with E-state index < -0.39 is 11.7 Å². The number of hydrogen-bond acceptors (Lipinski definition) is 1. The van der Waals surface area contributed by atoms with Crippen molar-refractivity contribution in [2.24, 2.45) is 4.99 Å². The van der Waals surface area contributed by atoms with Crippen LogP contribution in [0.3, 0.4) is 0 Å². The van der Waals surface area contributed by atoms with E-state index in [1.165, 1.54) is 0 Å². The molecular weight excluding hydrogens is 227 g/mol. The Balaban J connectivity index is 4.66. The minimum Gasteiger partial charge on any atom is -0.246 e. The monoisotopic (exact) mass is 239 g/mol. The van der Waals surface area contributed by atoms with Gasteiger partial charge in [-0.1, -0.05) is 24.6 Å². The lowest BCUT2D eigenvalue weighted by molar-refractivity contribution is -0.0912. The second-order valence-corrected chi connectivity index (χ2v) is 3.42. The van der Waals surface area contributed by atoms with Gasteiger partial charge in [-0.25, -0.2) is 4.99 Å². The molecule has 0 rings (SSSR count). The first-order chi connectivity index (χ1) is 6.77. The van der Waals surface area contributed by atoms with Crippen molar-refractivity contribution in [3.05, 3.63) is 22.9 Å². The van der Waals surface area contributed by atoms with Gasteiger partial charge in [-0.05, 0) is 26.3 Å². The average molecular weight is 240 g/mol. The Morgan fingerprint density at radius 1 is 1.27 bits per heavy atom. The fourth-order valence-corrected chi connectivity index (χ4v) is 0.794. The molecule has 0 spiro atoms. The van der Waals surface area contributed by atoms with Crippen LogP contribution in [0.2, 0.25) is 0 Å². The molecule has 0 heterocycles. The third-order valence-electron chi connectivity index (χ3n) is 1.73. The molecule has 86 valence electrons. The van der Waals surface area contributed by atoms with Crippen molar-refractivity contribution in [3.8, 4) is 0 Å². The lowest BCUT2D eigenvalue weighted by Crippen LogP contribution is -2.08. The topological polar surface area (TPSA) is 12.4 Å². The van der Waals surface area contributed by atoms with E-state index in [1.807, 2.05) is 6.92 Å². The van der Waals surface area contributed by atoms with Crippen LogP contribution in [0.25, 0.3) is 0 Å². The van der Waals surface area contributed by atoms with Crippen LogP contribution in [0.15, 0.2) is 27.9 Å². The van der Waals surface area contributed by atoms with Crippen molar-refractivity contribution < 1.29 is 13.2 Å². The highest BCUT2D eigenvalue weighted by atomic mass is 35.5. The summed E-state index contributed by atoms with van der Waals surface area (Å²) in [5.41, 5.74) is 0.0688. The molecule has 0 fully saturated rings. The molecule has 0 aromatic carbocycles. The summed E-state index contributed by atoms with van der Waals surface area (Å²) in [6.07, 6.45) is -1.54. The highest BCUT2D eigenvalue weighted by Crippen LogP contribution is 2.25. The summed E-state index contributed by atoms with van der Waals surface area (Å²) < 4.78 is 36.2. The van der Waals surface area contributed by atoms with E-state index in [4.69, 9.17) is 11.6 Å². The summed E-state index contributed by atoms with van der Waals surface area (Å²) in [7, 11) is 0. The van der Waals surface area contributed by atoms with Crippen LogP contribution in [0.1, 0.15) is 27.2 Å². The lowest BCUT2D eigenvalue weighted by atomic mass is 10.3. The Kier molecular flexibility index (Phi) is 5.65. The molecule has 0 aromatic rings. The molecule has 0 saturated carbocycles.